The minimum atomic E-state index is -0.574. The fourth-order valence-electron chi connectivity index (χ4n) is 6.58. The second-order valence-electron chi connectivity index (χ2n) is 13.5. The van der Waals surface area contributed by atoms with Gasteiger partial charge in [0, 0.05) is 11.4 Å². The van der Waals surface area contributed by atoms with Crippen molar-refractivity contribution >= 4 is 29.1 Å². The first-order chi connectivity index (χ1) is 21.9. The lowest BCUT2D eigenvalue weighted by molar-refractivity contribution is 0.170. The average molecular weight is 626 g/mol. The van der Waals surface area contributed by atoms with Gasteiger partial charge in [-0.05, 0) is 98.6 Å². The number of nitrogens with zero attached hydrogens (tertiary/aromatic N) is 4. The molecule has 3 atom stereocenters. The third-order valence-electron chi connectivity index (χ3n) is 9.36. The third-order valence-corrected chi connectivity index (χ3v) is 9.36. The van der Waals surface area contributed by atoms with E-state index in [0.717, 1.165) is 59.7 Å². The maximum Gasteiger partial charge on any atom is 0.411 e. The van der Waals surface area contributed by atoms with Gasteiger partial charge in [-0.15, -0.1) is 10.2 Å². The molecule has 1 aliphatic heterocycles. The van der Waals surface area contributed by atoms with E-state index < -0.39 is 6.09 Å². The number of carbonyl (C=O) groups excluding carboxylic acids is 2. The van der Waals surface area contributed by atoms with Crippen LogP contribution in [0.1, 0.15) is 88.0 Å². The van der Waals surface area contributed by atoms with Gasteiger partial charge in [0.15, 0.2) is 11.5 Å². The summed E-state index contributed by atoms with van der Waals surface area (Å²) < 4.78 is 13.4. The maximum absolute atomic E-state index is 13.3. The lowest BCUT2D eigenvalue weighted by atomic mass is 9.85. The average Bonchev–Trinajstić information content (AvgIpc) is 3.60. The molecule has 6 rings (SSSR count). The number of pyridine rings is 1. The van der Waals surface area contributed by atoms with Gasteiger partial charge < -0.3 is 20.1 Å². The molecule has 2 aromatic carbocycles. The van der Waals surface area contributed by atoms with E-state index in [1.54, 1.807) is 6.07 Å². The number of aromatic nitrogens is 3. The molecule has 11 heteroatoms. The van der Waals surface area contributed by atoms with E-state index in [1.165, 1.54) is 7.11 Å². The van der Waals surface area contributed by atoms with Gasteiger partial charge in [-0.2, -0.15) is 0 Å². The molecule has 1 saturated heterocycles. The minimum absolute atomic E-state index is 0.171. The molecule has 1 unspecified atom stereocenters. The SMILES string of the molecule is COC(=O)Nc1cc(NC(=O)N[C@H]2CC[C@@H](Oc3ccc4nnc(C5(C)CCCN5C)n4c3)c3ccccc32)cc(C(C)(C)C)c1. The zero-order chi connectivity index (χ0) is 32.6. The van der Waals surface area contributed by atoms with Crippen LogP contribution in [0.5, 0.6) is 5.75 Å². The minimum Gasteiger partial charge on any atom is -0.484 e. The molecule has 3 amide bonds. The van der Waals surface area contributed by atoms with Crippen LogP contribution in [0.2, 0.25) is 0 Å². The van der Waals surface area contributed by atoms with Crippen molar-refractivity contribution < 1.29 is 19.1 Å². The van der Waals surface area contributed by atoms with Crippen molar-refractivity contribution in [2.24, 2.45) is 0 Å². The third kappa shape index (κ3) is 6.24. The highest BCUT2D eigenvalue weighted by Crippen LogP contribution is 2.40. The number of hydrogen-bond acceptors (Lipinski definition) is 7. The smallest absolute Gasteiger partial charge is 0.411 e. The molecule has 0 radical (unpaired) electrons. The van der Waals surface area contributed by atoms with E-state index in [2.05, 4.69) is 76.3 Å². The Kier molecular flexibility index (Phi) is 8.37. The molecular weight excluding hydrogens is 582 g/mol. The summed E-state index contributed by atoms with van der Waals surface area (Å²) in [5, 5.41) is 17.9. The molecule has 3 N–H and O–H groups in total. The van der Waals surface area contributed by atoms with Crippen LogP contribution >= 0.6 is 0 Å². The number of carbonyl (C=O) groups is 2. The van der Waals surface area contributed by atoms with E-state index in [4.69, 9.17) is 9.47 Å². The van der Waals surface area contributed by atoms with Gasteiger partial charge >= 0.3 is 12.1 Å². The normalized spacial score (nSPS) is 21.4. The molecule has 3 heterocycles. The topological polar surface area (TPSA) is 122 Å². The van der Waals surface area contributed by atoms with Crippen LogP contribution in [0, 0.1) is 0 Å². The van der Waals surface area contributed by atoms with Crippen molar-refractivity contribution in [2.75, 3.05) is 31.3 Å². The predicted octanol–water partition coefficient (Wildman–Crippen LogP) is 6.92. The Bertz CT molecular complexity index is 1760. The second kappa shape index (κ2) is 12.3. The van der Waals surface area contributed by atoms with Crippen molar-refractivity contribution in [3.8, 4) is 5.75 Å². The lowest BCUT2D eigenvalue weighted by Gasteiger charge is -2.32. The molecule has 242 valence electrons. The Hall–Kier alpha value is -4.64. The van der Waals surface area contributed by atoms with Crippen molar-refractivity contribution in [1.82, 2.24) is 24.8 Å². The summed E-state index contributed by atoms with van der Waals surface area (Å²) in [6.07, 6.45) is 4.83. The van der Waals surface area contributed by atoms with E-state index >= 15 is 0 Å². The fourth-order valence-corrected chi connectivity index (χ4v) is 6.58. The highest BCUT2D eigenvalue weighted by molar-refractivity contribution is 5.92. The summed E-state index contributed by atoms with van der Waals surface area (Å²) in [6, 6.07) is 17.0. The second-order valence-corrected chi connectivity index (χ2v) is 13.5. The number of hydrogen-bond donors (Lipinski definition) is 3. The Morgan fingerprint density at radius 2 is 1.72 bits per heavy atom. The zero-order valence-corrected chi connectivity index (χ0v) is 27.4. The summed E-state index contributed by atoms with van der Waals surface area (Å²) in [5.74, 6) is 1.67. The van der Waals surface area contributed by atoms with Gasteiger partial charge in [0.2, 0.25) is 0 Å². The van der Waals surface area contributed by atoms with E-state index in [0.29, 0.717) is 17.8 Å². The maximum atomic E-state index is 13.3. The highest BCUT2D eigenvalue weighted by atomic mass is 16.5. The van der Waals surface area contributed by atoms with Gasteiger partial charge in [-0.25, -0.2) is 9.59 Å². The number of anilines is 2. The highest BCUT2D eigenvalue weighted by Gasteiger charge is 2.40. The molecule has 1 fully saturated rings. The van der Waals surface area contributed by atoms with Crippen LogP contribution in [0.4, 0.5) is 21.0 Å². The predicted molar refractivity (Wildman–Crippen MR) is 177 cm³/mol. The first-order valence-electron chi connectivity index (χ1n) is 15.8. The number of benzene rings is 2. The molecule has 46 heavy (non-hydrogen) atoms. The number of nitrogens with one attached hydrogen (secondary N) is 3. The summed E-state index contributed by atoms with van der Waals surface area (Å²) >= 11 is 0. The first kappa shape index (κ1) is 31.3. The monoisotopic (exact) mass is 625 g/mol. The Balaban J connectivity index is 1.19. The number of urea groups is 1. The van der Waals surface area contributed by atoms with Crippen molar-refractivity contribution in [3.63, 3.8) is 0 Å². The molecule has 2 aromatic heterocycles. The fraction of sp³-hybridized carbons (Fsp3) is 0.429. The Morgan fingerprint density at radius 3 is 2.41 bits per heavy atom. The van der Waals surface area contributed by atoms with Crippen molar-refractivity contribution in [3.05, 3.63) is 83.3 Å². The largest absolute Gasteiger partial charge is 0.484 e. The van der Waals surface area contributed by atoms with E-state index in [1.807, 2.05) is 48.7 Å². The molecule has 4 aromatic rings. The molecule has 0 saturated carbocycles. The zero-order valence-electron chi connectivity index (χ0n) is 27.4. The molecule has 0 bridgehead atoms. The van der Waals surface area contributed by atoms with Crippen LogP contribution in [-0.2, 0) is 15.7 Å². The summed E-state index contributed by atoms with van der Waals surface area (Å²) in [4.78, 5) is 27.5. The molecule has 11 nitrogen and oxygen atoms in total. The van der Waals surface area contributed by atoms with Crippen LogP contribution in [0.15, 0.2) is 60.8 Å². The van der Waals surface area contributed by atoms with Gasteiger partial charge in [-0.1, -0.05) is 45.0 Å². The van der Waals surface area contributed by atoms with Gasteiger partial charge in [0.25, 0.3) is 0 Å². The van der Waals surface area contributed by atoms with Crippen molar-refractivity contribution in [2.45, 2.75) is 76.5 Å². The van der Waals surface area contributed by atoms with Gasteiger partial charge in [0.05, 0.1) is 24.9 Å². The van der Waals surface area contributed by atoms with Crippen LogP contribution in [0.3, 0.4) is 0 Å². The van der Waals surface area contributed by atoms with Crippen LogP contribution < -0.4 is 20.7 Å². The summed E-state index contributed by atoms with van der Waals surface area (Å²) in [6.45, 7) is 9.48. The standard InChI is InChI=1S/C35H43N7O4/c1-34(2,3)22-18-23(20-24(19-22)37-33(44)45-6)36-32(43)38-28-13-14-29(27-11-8-7-10-26(27)28)46-25-12-15-30-39-40-31(42(30)21-25)35(4)16-9-17-41(35)5/h7-8,10-12,15,18-21,28-29H,9,13-14,16-17H2,1-6H3,(H,37,44)(H2,36,38,43)/t28-,29+,35?/m0/s1. The van der Waals surface area contributed by atoms with Gasteiger partial charge in [0.1, 0.15) is 11.9 Å². The molecule has 1 aliphatic carbocycles. The lowest BCUT2D eigenvalue weighted by Crippen LogP contribution is -2.37. The number of fused-ring (bicyclic) bond motifs is 2. The Morgan fingerprint density at radius 1 is 0.978 bits per heavy atom. The van der Waals surface area contributed by atoms with E-state index in [-0.39, 0.29) is 29.1 Å². The number of methoxy groups -OCH3 is 1. The van der Waals surface area contributed by atoms with Gasteiger partial charge in [-0.3, -0.25) is 14.6 Å². The number of likely N-dealkylation sites (tertiary alicyclic amines) is 1. The van der Waals surface area contributed by atoms with Crippen LogP contribution in [-0.4, -0.2) is 52.3 Å². The first-order valence-corrected chi connectivity index (χ1v) is 15.8. The summed E-state index contributed by atoms with van der Waals surface area (Å²) in [7, 11) is 3.45. The number of amides is 3. The summed E-state index contributed by atoms with van der Waals surface area (Å²) in [5.41, 5.74) is 4.56. The number of ether oxygens (including phenoxy) is 2. The van der Waals surface area contributed by atoms with Crippen LogP contribution in [0.25, 0.3) is 5.65 Å². The quantitative estimate of drug-likeness (QED) is 0.213. The van der Waals surface area contributed by atoms with Crippen molar-refractivity contribution in [1.29, 1.82) is 0 Å². The molecular formula is C35H43N7O4. The Labute approximate surface area is 269 Å². The molecule has 2 aliphatic rings. The number of rotatable bonds is 6. The van der Waals surface area contributed by atoms with E-state index in [9.17, 15) is 9.59 Å². The molecule has 0 spiro atoms.